The molecule has 0 aliphatic carbocycles. The highest BCUT2D eigenvalue weighted by atomic mass is 32.1. The smallest absolute Gasteiger partial charge is 0.408 e. The first-order chi connectivity index (χ1) is 11.2. The third kappa shape index (κ3) is 4.58. The number of methoxy groups -OCH3 is 1. The molecule has 2 aromatic heterocycles. The molecular weight excluding hydrogens is 330 g/mol. The van der Waals surface area contributed by atoms with Crippen LogP contribution in [-0.2, 0) is 20.7 Å². The van der Waals surface area contributed by atoms with E-state index < -0.39 is 23.7 Å². The number of anilines is 1. The van der Waals surface area contributed by atoms with E-state index in [9.17, 15) is 9.59 Å². The minimum absolute atomic E-state index is 0.282. The molecule has 0 saturated heterocycles. The van der Waals surface area contributed by atoms with E-state index in [4.69, 9.17) is 15.2 Å². The SMILES string of the molecule is COC(=O)C(Cc1cc2c(N)nccc2s1)NC(=O)OC(C)(C)C. The zero-order chi connectivity index (χ0) is 17.9. The van der Waals surface area contributed by atoms with Gasteiger partial charge < -0.3 is 20.5 Å². The summed E-state index contributed by atoms with van der Waals surface area (Å²) in [4.78, 5) is 28.8. The van der Waals surface area contributed by atoms with Crippen molar-refractivity contribution in [2.75, 3.05) is 12.8 Å². The number of thiophene rings is 1. The van der Waals surface area contributed by atoms with Crippen LogP contribution in [-0.4, -0.2) is 35.8 Å². The number of carbonyl (C=O) groups is 2. The summed E-state index contributed by atoms with van der Waals surface area (Å²) in [5.74, 6) is -0.103. The molecule has 1 amide bonds. The van der Waals surface area contributed by atoms with E-state index >= 15 is 0 Å². The molecular formula is C16H21N3O4S. The van der Waals surface area contributed by atoms with Gasteiger partial charge in [0.2, 0.25) is 0 Å². The van der Waals surface area contributed by atoms with E-state index in [2.05, 4.69) is 10.3 Å². The number of nitrogens with zero attached hydrogens (tertiary/aromatic N) is 1. The van der Waals surface area contributed by atoms with Crippen LogP contribution in [0.15, 0.2) is 18.3 Å². The number of amides is 1. The molecule has 2 aromatic rings. The van der Waals surface area contributed by atoms with Crippen LogP contribution >= 0.6 is 11.3 Å². The highest BCUT2D eigenvalue weighted by Gasteiger charge is 2.26. The number of nitrogens with one attached hydrogen (secondary N) is 1. The predicted octanol–water partition coefficient (Wildman–Crippen LogP) is 2.49. The average molecular weight is 351 g/mol. The Morgan fingerprint density at radius 3 is 2.71 bits per heavy atom. The van der Waals surface area contributed by atoms with Crippen LogP contribution in [0.1, 0.15) is 25.6 Å². The number of nitrogen functional groups attached to an aromatic ring is 1. The minimum Gasteiger partial charge on any atom is -0.467 e. The van der Waals surface area contributed by atoms with Crippen molar-refractivity contribution in [3.8, 4) is 0 Å². The maximum atomic E-state index is 12.0. The van der Waals surface area contributed by atoms with Crippen LogP contribution in [0.2, 0.25) is 0 Å². The Hall–Kier alpha value is -2.35. The molecule has 2 rings (SSSR count). The van der Waals surface area contributed by atoms with E-state index in [1.807, 2.05) is 12.1 Å². The third-order valence-electron chi connectivity index (χ3n) is 3.11. The van der Waals surface area contributed by atoms with Crippen molar-refractivity contribution >= 4 is 39.3 Å². The Kier molecular flexibility index (Phi) is 5.28. The fourth-order valence-electron chi connectivity index (χ4n) is 2.12. The first kappa shape index (κ1) is 18.0. The van der Waals surface area contributed by atoms with Crippen molar-refractivity contribution in [2.24, 2.45) is 0 Å². The highest BCUT2D eigenvalue weighted by molar-refractivity contribution is 7.19. The highest BCUT2D eigenvalue weighted by Crippen LogP contribution is 2.29. The predicted molar refractivity (Wildman–Crippen MR) is 92.9 cm³/mol. The molecule has 0 saturated carbocycles. The lowest BCUT2D eigenvalue weighted by Gasteiger charge is -2.22. The largest absolute Gasteiger partial charge is 0.467 e. The number of fused-ring (bicyclic) bond motifs is 1. The normalized spacial score (nSPS) is 12.7. The van der Waals surface area contributed by atoms with Gasteiger partial charge >= 0.3 is 12.1 Å². The molecule has 0 bridgehead atoms. The van der Waals surface area contributed by atoms with Gasteiger partial charge in [-0.05, 0) is 32.9 Å². The maximum absolute atomic E-state index is 12.0. The van der Waals surface area contributed by atoms with Crippen molar-refractivity contribution in [3.05, 3.63) is 23.2 Å². The fourth-order valence-corrected chi connectivity index (χ4v) is 3.24. The van der Waals surface area contributed by atoms with Gasteiger partial charge in [0.1, 0.15) is 17.5 Å². The lowest BCUT2D eigenvalue weighted by molar-refractivity contribution is -0.143. The van der Waals surface area contributed by atoms with Crippen molar-refractivity contribution in [2.45, 2.75) is 38.8 Å². The van der Waals surface area contributed by atoms with Gasteiger partial charge in [0.15, 0.2) is 0 Å². The van der Waals surface area contributed by atoms with Crippen LogP contribution in [0.4, 0.5) is 10.6 Å². The van der Waals surface area contributed by atoms with Crippen molar-refractivity contribution in [1.29, 1.82) is 0 Å². The summed E-state index contributed by atoms with van der Waals surface area (Å²) in [5.41, 5.74) is 5.20. The number of alkyl carbamates (subject to hydrolysis) is 1. The zero-order valence-corrected chi connectivity index (χ0v) is 14.9. The quantitative estimate of drug-likeness (QED) is 0.820. The molecule has 0 spiro atoms. The molecule has 24 heavy (non-hydrogen) atoms. The number of pyridine rings is 1. The topological polar surface area (TPSA) is 104 Å². The fraction of sp³-hybridized carbons (Fsp3) is 0.438. The lowest BCUT2D eigenvalue weighted by atomic mass is 10.1. The molecule has 7 nitrogen and oxygen atoms in total. The van der Waals surface area contributed by atoms with E-state index in [0.29, 0.717) is 5.82 Å². The lowest BCUT2D eigenvalue weighted by Crippen LogP contribution is -2.45. The monoisotopic (exact) mass is 351 g/mol. The van der Waals surface area contributed by atoms with E-state index in [1.165, 1.54) is 18.4 Å². The third-order valence-corrected chi connectivity index (χ3v) is 4.23. The number of nitrogens with two attached hydrogens (primary N) is 1. The molecule has 0 radical (unpaired) electrons. The molecule has 130 valence electrons. The van der Waals surface area contributed by atoms with Crippen LogP contribution in [0, 0.1) is 0 Å². The van der Waals surface area contributed by atoms with Crippen LogP contribution < -0.4 is 11.1 Å². The van der Waals surface area contributed by atoms with Gasteiger partial charge in [-0.1, -0.05) is 0 Å². The molecule has 1 unspecified atom stereocenters. The molecule has 8 heteroatoms. The van der Waals surface area contributed by atoms with E-state index in [0.717, 1.165) is 15.0 Å². The van der Waals surface area contributed by atoms with Gasteiger partial charge in [0, 0.05) is 27.6 Å². The number of ether oxygens (including phenoxy) is 2. The number of hydrogen-bond acceptors (Lipinski definition) is 7. The summed E-state index contributed by atoms with van der Waals surface area (Å²) < 4.78 is 10.9. The van der Waals surface area contributed by atoms with Gasteiger partial charge in [-0.2, -0.15) is 0 Å². The molecule has 2 heterocycles. The summed E-state index contributed by atoms with van der Waals surface area (Å²) in [6.07, 6.45) is 1.25. The van der Waals surface area contributed by atoms with E-state index in [1.54, 1.807) is 27.0 Å². The second kappa shape index (κ2) is 7.04. The number of carbonyl (C=O) groups excluding carboxylic acids is 2. The Morgan fingerprint density at radius 2 is 2.12 bits per heavy atom. The molecule has 0 aromatic carbocycles. The first-order valence-corrected chi connectivity index (χ1v) is 8.21. The van der Waals surface area contributed by atoms with Gasteiger partial charge in [-0.25, -0.2) is 14.6 Å². The van der Waals surface area contributed by atoms with Gasteiger partial charge in [0.05, 0.1) is 7.11 Å². The minimum atomic E-state index is -0.841. The van der Waals surface area contributed by atoms with E-state index in [-0.39, 0.29) is 6.42 Å². The second-order valence-corrected chi connectivity index (χ2v) is 7.42. The molecule has 1 atom stereocenters. The number of rotatable bonds is 4. The number of esters is 1. The standard InChI is InChI=1S/C16H21N3O4S/c1-16(2,3)23-15(21)19-11(14(20)22-4)8-9-7-10-12(24-9)5-6-18-13(10)17/h5-7,11H,8H2,1-4H3,(H2,17,18)(H,19,21). The molecule has 0 aliphatic rings. The van der Waals surface area contributed by atoms with Crippen LogP contribution in [0.3, 0.4) is 0 Å². The van der Waals surface area contributed by atoms with Gasteiger partial charge in [-0.15, -0.1) is 11.3 Å². The second-order valence-electron chi connectivity index (χ2n) is 6.25. The average Bonchev–Trinajstić information content (AvgIpc) is 2.88. The van der Waals surface area contributed by atoms with Crippen molar-refractivity contribution in [3.63, 3.8) is 0 Å². The summed E-state index contributed by atoms with van der Waals surface area (Å²) in [6, 6.07) is 2.88. The van der Waals surface area contributed by atoms with Crippen LogP contribution in [0.25, 0.3) is 10.1 Å². The van der Waals surface area contributed by atoms with Crippen LogP contribution in [0.5, 0.6) is 0 Å². The maximum Gasteiger partial charge on any atom is 0.408 e. The molecule has 0 aliphatic heterocycles. The Morgan fingerprint density at radius 1 is 1.42 bits per heavy atom. The van der Waals surface area contributed by atoms with Crippen molar-refractivity contribution < 1.29 is 19.1 Å². The zero-order valence-electron chi connectivity index (χ0n) is 14.1. The Balaban J connectivity index is 2.17. The first-order valence-electron chi connectivity index (χ1n) is 7.40. The summed E-state index contributed by atoms with van der Waals surface area (Å²) >= 11 is 1.49. The molecule has 0 fully saturated rings. The Labute approximate surface area is 144 Å². The number of hydrogen-bond donors (Lipinski definition) is 2. The summed E-state index contributed by atoms with van der Waals surface area (Å²) in [5, 5.41) is 3.39. The number of aromatic nitrogens is 1. The van der Waals surface area contributed by atoms with Gasteiger partial charge in [0.25, 0.3) is 0 Å². The Bertz CT molecular complexity index is 751. The summed E-state index contributed by atoms with van der Waals surface area (Å²) in [6.45, 7) is 5.25. The van der Waals surface area contributed by atoms with Crippen molar-refractivity contribution in [1.82, 2.24) is 10.3 Å². The van der Waals surface area contributed by atoms with Gasteiger partial charge in [-0.3, -0.25) is 0 Å². The molecule has 3 N–H and O–H groups in total. The summed E-state index contributed by atoms with van der Waals surface area (Å²) in [7, 11) is 1.28.